The van der Waals surface area contributed by atoms with Crippen molar-refractivity contribution in [2.75, 3.05) is 12.4 Å². The van der Waals surface area contributed by atoms with Crippen molar-refractivity contribution in [2.45, 2.75) is 141 Å². The highest BCUT2D eigenvalue weighted by Gasteiger charge is 2.36. The van der Waals surface area contributed by atoms with Crippen molar-refractivity contribution in [3.8, 4) is 0 Å². The molecule has 1 aromatic carbocycles. The Bertz CT molecular complexity index is 1140. The predicted molar refractivity (Wildman–Crippen MR) is 175 cm³/mol. The molecule has 1 fully saturated rings. The number of hydrogen-bond donors (Lipinski definition) is 4. The van der Waals surface area contributed by atoms with Crippen molar-refractivity contribution in [1.82, 2.24) is 10.6 Å². The topological polar surface area (TPSA) is 142 Å². The van der Waals surface area contributed by atoms with Gasteiger partial charge in [-0.1, -0.05) is 76.3 Å². The molecule has 0 saturated heterocycles. The maximum Gasteiger partial charge on any atom is 0.245 e. The lowest BCUT2D eigenvalue weighted by Crippen LogP contribution is -2.57. The van der Waals surface area contributed by atoms with Crippen molar-refractivity contribution in [3.63, 3.8) is 0 Å². The Kier molecular flexibility index (Phi) is 14.3. The van der Waals surface area contributed by atoms with Gasteiger partial charge < -0.3 is 25.6 Å². The zero-order chi connectivity index (χ0) is 33.3. The van der Waals surface area contributed by atoms with Crippen molar-refractivity contribution >= 4 is 21.7 Å². The first kappa shape index (κ1) is 38.2. The van der Waals surface area contributed by atoms with Gasteiger partial charge in [-0.25, -0.2) is 8.42 Å². The molecule has 0 aromatic heterocycles. The fourth-order valence-corrected chi connectivity index (χ4v) is 6.83. The molecule has 1 aliphatic rings. The lowest BCUT2D eigenvalue weighted by Gasteiger charge is -2.34. The molecule has 4 N–H and O–H groups in total. The first-order chi connectivity index (χ1) is 20.3. The zero-order valence-corrected chi connectivity index (χ0v) is 29.0. The van der Waals surface area contributed by atoms with E-state index in [1.165, 1.54) is 6.42 Å². The molecule has 0 heterocycles. The quantitative estimate of drug-likeness (QED) is 0.222. The van der Waals surface area contributed by atoms with Crippen LogP contribution in [0.15, 0.2) is 30.3 Å². The molecule has 0 radical (unpaired) electrons. The number of sulfone groups is 1. The summed E-state index contributed by atoms with van der Waals surface area (Å²) < 4.78 is 31.2. The number of nitrogens with one attached hydrogen (secondary N) is 2. The summed E-state index contributed by atoms with van der Waals surface area (Å²) in [6.45, 7) is 14.0. The second-order valence-electron chi connectivity index (χ2n) is 14.8. The van der Waals surface area contributed by atoms with Crippen LogP contribution in [0.5, 0.6) is 0 Å². The summed E-state index contributed by atoms with van der Waals surface area (Å²) in [5.74, 6) is -1.72. The molecule has 10 heteroatoms. The number of rotatable bonds is 15. The summed E-state index contributed by atoms with van der Waals surface area (Å²) in [5, 5.41) is 27.6. The van der Waals surface area contributed by atoms with Crippen LogP contribution < -0.4 is 10.6 Å². The second kappa shape index (κ2) is 16.5. The van der Waals surface area contributed by atoms with Crippen LogP contribution in [0.2, 0.25) is 0 Å². The van der Waals surface area contributed by atoms with Gasteiger partial charge in [0.05, 0.1) is 34.9 Å². The first-order valence-electron chi connectivity index (χ1n) is 16.2. The third-order valence-corrected chi connectivity index (χ3v) is 11.2. The van der Waals surface area contributed by atoms with Gasteiger partial charge in [-0.3, -0.25) is 9.59 Å². The van der Waals surface area contributed by atoms with E-state index in [2.05, 4.69) is 10.6 Å². The molecular formula is C34H58N2O7S. The lowest BCUT2D eigenvalue weighted by molar-refractivity contribution is -0.134. The number of ether oxygens (including phenoxy) is 1. The van der Waals surface area contributed by atoms with Gasteiger partial charge >= 0.3 is 0 Å². The monoisotopic (exact) mass is 638 g/mol. The van der Waals surface area contributed by atoms with Crippen molar-refractivity contribution in [1.29, 1.82) is 0 Å². The predicted octanol–water partition coefficient (Wildman–Crippen LogP) is 4.51. The van der Waals surface area contributed by atoms with Crippen LogP contribution in [0.25, 0.3) is 0 Å². The molecule has 2 amide bonds. The van der Waals surface area contributed by atoms with E-state index in [9.17, 15) is 28.2 Å². The normalized spacial score (nSPS) is 18.7. The maximum atomic E-state index is 13.8. The standard InChI is InChI=1S/C34H58N2O7S/c1-23(2)30(38)31(39)27(19-24-15-11-9-12-16-24)36-32(40)28(21-43-33(3,4)5)35-29(37)20-26(25-17-13-10-14-18-25)22-44(41,42)34(6,7)8/h10,13-14,17-18,23-24,26-28,30-31,38-39H,9,11-12,15-16,19-22H2,1-8H3,(H,35,37)(H,36,40). The van der Waals surface area contributed by atoms with E-state index in [1.807, 2.05) is 40.7 Å². The third-order valence-electron chi connectivity index (χ3n) is 8.48. The summed E-state index contributed by atoms with van der Waals surface area (Å²) in [4.78, 5) is 27.3. The molecule has 0 aliphatic heterocycles. The van der Waals surface area contributed by atoms with Gasteiger partial charge in [0.25, 0.3) is 0 Å². The molecular weight excluding hydrogens is 580 g/mol. The number of aliphatic hydroxyl groups is 2. The molecule has 1 aromatic rings. The smallest absolute Gasteiger partial charge is 0.245 e. The number of aliphatic hydroxyl groups excluding tert-OH is 2. The van der Waals surface area contributed by atoms with Crippen LogP contribution in [0.3, 0.4) is 0 Å². The SMILES string of the molecule is CC(C)C(O)C(O)C(CC1CCCCC1)NC(=O)C(COC(C)(C)C)NC(=O)CC(CS(=O)(=O)C(C)(C)C)c1ccccc1. The van der Waals surface area contributed by atoms with Crippen molar-refractivity contribution < 1.29 is 33.0 Å². The highest BCUT2D eigenvalue weighted by molar-refractivity contribution is 7.92. The average Bonchev–Trinajstić information content (AvgIpc) is 2.93. The van der Waals surface area contributed by atoms with Crippen LogP contribution in [-0.4, -0.2) is 77.4 Å². The molecule has 1 aliphatic carbocycles. The van der Waals surface area contributed by atoms with E-state index in [0.29, 0.717) is 12.3 Å². The van der Waals surface area contributed by atoms with E-state index >= 15 is 0 Å². The lowest BCUT2D eigenvalue weighted by atomic mass is 9.82. The third kappa shape index (κ3) is 12.4. The summed E-state index contributed by atoms with van der Waals surface area (Å²) >= 11 is 0. The van der Waals surface area contributed by atoms with Gasteiger partial charge in [-0.05, 0) is 65.4 Å². The zero-order valence-electron chi connectivity index (χ0n) is 28.1. The molecule has 1 saturated carbocycles. The van der Waals surface area contributed by atoms with Crippen LogP contribution in [0.1, 0.15) is 112 Å². The fourth-order valence-electron chi connectivity index (χ4n) is 5.49. The molecule has 9 nitrogen and oxygen atoms in total. The van der Waals surface area contributed by atoms with Crippen molar-refractivity contribution in [3.05, 3.63) is 35.9 Å². The maximum absolute atomic E-state index is 13.8. The minimum Gasteiger partial charge on any atom is -0.390 e. The van der Waals surface area contributed by atoms with Gasteiger partial charge in [0.1, 0.15) is 12.1 Å². The molecule has 252 valence electrons. The van der Waals surface area contributed by atoms with Crippen molar-refractivity contribution in [2.24, 2.45) is 11.8 Å². The van der Waals surface area contributed by atoms with Crippen LogP contribution >= 0.6 is 0 Å². The summed E-state index contributed by atoms with van der Waals surface area (Å²) in [7, 11) is -3.56. The van der Waals surface area contributed by atoms with E-state index in [0.717, 1.165) is 31.2 Å². The Morgan fingerprint density at radius 1 is 0.932 bits per heavy atom. The van der Waals surface area contributed by atoms with Gasteiger partial charge in [0, 0.05) is 12.3 Å². The van der Waals surface area contributed by atoms with Crippen LogP contribution in [-0.2, 0) is 24.2 Å². The summed E-state index contributed by atoms with van der Waals surface area (Å²) in [6, 6.07) is 7.26. The molecule has 0 bridgehead atoms. The molecule has 5 atom stereocenters. The van der Waals surface area contributed by atoms with E-state index in [4.69, 9.17) is 4.74 Å². The number of carbonyl (C=O) groups excluding carboxylic acids is 2. The number of hydrogen-bond acceptors (Lipinski definition) is 7. The fraction of sp³-hybridized carbons (Fsp3) is 0.765. The molecule has 0 spiro atoms. The minimum atomic E-state index is -3.56. The van der Waals surface area contributed by atoms with Crippen LogP contribution in [0.4, 0.5) is 0 Å². The van der Waals surface area contributed by atoms with Gasteiger partial charge in [-0.15, -0.1) is 0 Å². The molecule has 2 rings (SSSR count). The Morgan fingerprint density at radius 2 is 1.52 bits per heavy atom. The summed E-state index contributed by atoms with van der Waals surface area (Å²) in [5.41, 5.74) is 0.131. The van der Waals surface area contributed by atoms with Crippen LogP contribution in [0, 0.1) is 11.8 Å². The Balaban J connectivity index is 2.30. The molecule has 5 unspecified atom stereocenters. The Morgan fingerprint density at radius 3 is 2.05 bits per heavy atom. The first-order valence-corrected chi connectivity index (χ1v) is 17.8. The summed E-state index contributed by atoms with van der Waals surface area (Å²) in [6.07, 6.45) is 3.55. The van der Waals surface area contributed by atoms with E-state index in [-0.39, 0.29) is 24.7 Å². The number of carbonyl (C=O) groups is 2. The highest BCUT2D eigenvalue weighted by Crippen LogP contribution is 2.30. The van der Waals surface area contributed by atoms with Gasteiger partial charge in [0.15, 0.2) is 9.84 Å². The van der Waals surface area contributed by atoms with E-state index in [1.54, 1.807) is 45.0 Å². The second-order valence-corrected chi connectivity index (χ2v) is 17.6. The number of benzene rings is 1. The Hall–Kier alpha value is -2.01. The largest absolute Gasteiger partial charge is 0.390 e. The van der Waals surface area contributed by atoms with Gasteiger partial charge in [-0.2, -0.15) is 0 Å². The van der Waals surface area contributed by atoms with E-state index < -0.39 is 62.2 Å². The molecule has 44 heavy (non-hydrogen) atoms. The highest BCUT2D eigenvalue weighted by atomic mass is 32.2. The van der Waals surface area contributed by atoms with Gasteiger partial charge in [0.2, 0.25) is 11.8 Å². The minimum absolute atomic E-state index is 0.115. The number of amides is 2. The average molecular weight is 639 g/mol. The Labute approximate surface area is 265 Å².